The molecule has 0 saturated heterocycles. The summed E-state index contributed by atoms with van der Waals surface area (Å²) in [6.45, 7) is 1.55. The van der Waals surface area contributed by atoms with Crippen molar-refractivity contribution in [2.45, 2.75) is 6.92 Å². The average Bonchev–Trinajstić information content (AvgIpc) is 2.18. The van der Waals surface area contributed by atoms with E-state index < -0.39 is 5.97 Å². The first-order chi connectivity index (χ1) is 6.65. The number of carboxylic acid groups (broad SMARTS) is 1. The van der Waals surface area contributed by atoms with Gasteiger partial charge in [0.15, 0.2) is 0 Å². The van der Waals surface area contributed by atoms with Crippen molar-refractivity contribution in [1.82, 2.24) is 0 Å². The molecule has 3 heteroatoms. The number of carboxylic acids is 1. The Morgan fingerprint density at radius 3 is 2.64 bits per heavy atom. The maximum Gasteiger partial charge on any atom is 0.331 e. The van der Waals surface area contributed by atoms with E-state index in [0.29, 0.717) is 5.75 Å². The van der Waals surface area contributed by atoms with Gasteiger partial charge in [0, 0.05) is 11.1 Å². The van der Waals surface area contributed by atoms with E-state index in [1.54, 1.807) is 26.2 Å². The summed E-state index contributed by atoms with van der Waals surface area (Å²) < 4.78 is 5.09. The predicted octanol–water partition coefficient (Wildman–Crippen LogP) is 2.18. The fraction of sp³-hybridized carbons (Fsp3) is 0.182. The van der Waals surface area contributed by atoms with Gasteiger partial charge in [-0.05, 0) is 19.1 Å². The van der Waals surface area contributed by atoms with Crippen LogP contribution in [-0.2, 0) is 4.79 Å². The molecule has 0 aliphatic rings. The SMILES string of the molecule is COc1ccccc1/C=C(\C)C(=O)O. The Hall–Kier alpha value is -1.77. The van der Waals surface area contributed by atoms with Crippen molar-refractivity contribution in [1.29, 1.82) is 0 Å². The van der Waals surface area contributed by atoms with E-state index in [0.717, 1.165) is 5.56 Å². The van der Waals surface area contributed by atoms with Crippen LogP contribution in [0.3, 0.4) is 0 Å². The Bertz CT molecular complexity index is 367. The molecule has 0 aromatic heterocycles. The van der Waals surface area contributed by atoms with Crippen LogP contribution in [0.4, 0.5) is 0 Å². The predicted molar refractivity (Wildman–Crippen MR) is 54.3 cm³/mol. The molecule has 0 bridgehead atoms. The summed E-state index contributed by atoms with van der Waals surface area (Å²) in [5.41, 5.74) is 1.06. The largest absolute Gasteiger partial charge is 0.496 e. The van der Waals surface area contributed by atoms with Crippen LogP contribution >= 0.6 is 0 Å². The highest BCUT2D eigenvalue weighted by Gasteiger charge is 2.03. The van der Waals surface area contributed by atoms with Crippen molar-refractivity contribution >= 4 is 12.0 Å². The lowest BCUT2D eigenvalue weighted by Crippen LogP contribution is -1.96. The minimum absolute atomic E-state index is 0.287. The van der Waals surface area contributed by atoms with Crippen LogP contribution in [0.15, 0.2) is 29.8 Å². The van der Waals surface area contributed by atoms with Crippen molar-refractivity contribution < 1.29 is 14.6 Å². The minimum Gasteiger partial charge on any atom is -0.496 e. The first kappa shape index (κ1) is 10.3. The lowest BCUT2D eigenvalue weighted by atomic mass is 10.1. The number of carbonyl (C=O) groups is 1. The molecule has 0 radical (unpaired) electrons. The number of ether oxygens (including phenoxy) is 1. The van der Waals surface area contributed by atoms with Crippen molar-refractivity contribution in [2.75, 3.05) is 7.11 Å². The number of rotatable bonds is 3. The summed E-state index contributed by atoms with van der Waals surface area (Å²) in [7, 11) is 1.56. The Kier molecular flexibility index (Phi) is 3.29. The van der Waals surface area contributed by atoms with Gasteiger partial charge in [0.1, 0.15) is 5.75 Å². The first-order valence-electron chi connectivity index (χ1n) is 4.19. The summed E-state index contributed by atoms with van der Waals surface area (Å²) >= 11 is 0. The van der Waals surface area contributed by atoms with E-state index in [1.807, 2.05) is 18.2 Å². The van der Waals surface area contributed by atoms with Crippen molar-refractivity contribution in [3.63, 3.8) is 0 Å². The number of benzene rings is 1. The molecule has 0 saturated carbocycles. The van der Waals surface area contributed by atoms with E-state index in [1.165, 1.54) is 0 Å². The Morgan fingerprint density at radius 1 is 1.43 bits per heavy atom. The standard InChI is InChI=1S/C11H12O3/c1-8(11(12)13)7-9-5-3-4-6-10(9)14-2/h3-7H,1-2H3,(H,12,13)/b8-7+. The normalized spacial score (nSPS) is 11.1. The quantitative estimate of drug-likeness (QED) is 0.746. The number of hydrogen-bond donors (Lipinski definition) is 1. The van der Waals surface area contributed by atoms with Crippen LogP contribution in [0.2, 0.25) is 0 Å². The number of para-hydroxylation sites is 1. The summed E-state index contributed by atoms with van der Waals surface area (Å²) in [5, 5.41) is 8.70. The third kappa shape index (κ3) is 2.36. The molecule has 74 valence electrons. The molecule has 0 amide bonds. The zero-order valence-electron chi connectivity index (χ0n) is 8.15. The summed E-state index contributed by atoms with van der Waals surface area (Å²) in [6.07, 6.45) is 1.58. The summed E-state index contributed by atoms with van der Waals surface area (Å²) in [6, 6.07) is 7.28. The number of aliphatic carboxylic acids is 1. The van der Waals surface area contributed by atoms with E-state index in [-0.39, 0.29) is 5.57 Å². The minimum atomic E-state index is -0.920. The lowest BCUT2D eigenvalue weighted by molar-refractivity contribution is -0.132. The second-order valence-corrected chi connectivity index (χ2v) is 2.87. The molecule has 0 aliphatic carbocycles. The molecule has 1 aromatic rings. The van der Waals surface area contributed by atoms with Gasteiger partial charge in [0.05, 0.1) is 7.11 Å². The highest BCUT2D eigenvalue weighted by atomic mass is 16.5. The van der Waals surface area contributed by atoms with Crippen LogP contribution in [-0.4, -0.2) is 18.2 Å². The van der Waals surface area contributed by atoms with Gasteiger partial charge in [0.2, 0.25) is 0 Å². The Labute approximate surface area is 82.6 Å². The van der Waals surface area contributed by atoms with Gasteiger partial charge in [-0.3, -0.25) is 0 Å². The molecule has 1 N–H and O–H groups in total. The molecular weight excluding hydrogens is 180 g/mol. The highest BCUT2D eigenvalue weighted by molar-refractivity contribution is 5.91. The van der Waals surface area contributed by atoms with Crippen LogP contribution in [0, 0.1) is 0 Å². The van der Waals surface area contributed by atoms with Gasteiger partial charge in [0.25, 0.3) is 0 Å². The maximum absolute atomic E-state index is 10.6. The Morgan fingerprint density at radius 2 is 2.07 bits per heavy atom. The van der Waals surface area contributed by atoms with Gasteiger partial charge in [-0.1, -0.05) is 18.2 Å². The van der Waals surface area contributed by atoms with Gasteiger partial charge in [-0.25, -0.2) is 4.79 Å². The number of hydrogen-bond acceptors (Lipinski definition) is 2. The second-order valence-electron chi connectivity index (χ2n) is 2.87. The zero-order chi connectivity index (χ0) is 10.6. The zero-order valence-corrected chi connectivity index (χ0v) is 8.15. The lowest BCUT2D eigenvalue weighted by Gasteiger charge is -2.03. The van der Waals surface area contributed by atoms with Crippen molar-refractivity contribution in [3.05, 3.63) is 35.4 Å². The average molecular weight is 192 g/mol. The van der Waals surface area contributed by atoms with E-state index in [9.17, 15) is 4.79 Å². The van der Waals surface area contributed by atoms with Crippen LogP contribution < -0.4 is 4.74 Å². The third-order valence-corrected chi connectivity index (χ3v) is 1.85. The molecule has 0 fully saturated rings. The molecule has 0 spiro atoms. The first-order valence-corrected chi connectivity index (χ1v) is 4.19. The second kappa shape index (κ2) is 4.46. The summed E-state index contributed by atoms with van der Waals surface area (Å²) in [5.74, 6) is -0.246. The molecule has 3 nitrogen and oxygen atoms in total. The van der Waals surface area contributed by atoms with E-state index >= 15 is 0 Å². The molecule has 0 heterocycles. The van der Waals surface area contributed by atoms with Gasteiger partial charge in [-0.2, -0.15) is 0 Å². The van der Waals surface area contributed by atoms with Crippen LogP contribution in [0.25, 0.3) is 6.08 Å². The molecule has 14 heavy (non-hydrogen) atoms. The smallest absolute Gasteiger partial charge is 0.331 e. The molecule has 0 aliphatic heterocycles. The maximum atomic E-state index is 10.6. The van der Waals surface area contributed by atoms with Crippen molar-refractivity contribution in [2.24, 2.45) is 0 Å². The van der Waals surface area contributed by atoms with Crippen LogP contribution in [0.5, 0.6) is 5.75 Å². The van der Waals surface area contributed by atoms with Gasteiger partial charge < -0.3 is 9.84 Å². The van der Waals surface area contributed by atoms with E-state index in [2.05, 4.69) is 0 Å². The molecule has 0 atom stereocenters. The van der Waals surface area contributed by atoms with E-state index in [4.69, 9.17) is 9.84 Å². The van der Waals surface area contributed by atoms with Crippen LogP contribution in [0.1, 0.15) is 12.5 Å². The molecule has 0 unspecified atom stereocenters. The highest BCUT2D eigenvalue weighted by Crippen LogP contribution is 2.20. The molecule has 1 rings (SSSR count). The Balaban J connectivity index is 3.07. The fourth-order valence-electron chi connectivity index (χ4n) is 1.08. The fourth-order valence-corrected chi connectivity index (χ4v) is 1.08. The monoisotopic (exact) mass is 192 g/mol. The molecular formula is C11H12O3. The molecule has 1 aromatic carbocycles. The van der Waals surface area contributed by atoms with Gasteiger partial charge in [-0.15, -0.1) is 0 Å². The third-order valence-electron chi connectivity index (χ3n) is 1.85. The number of methoxy groups -OCH3 is 1. The van der Waals surface area contributed by atoms with Gasteiger partial charge >= 0.3 is 5.97 Å². The van der Waals surface area contributed by atoms with Crippen molar-refractivity contribution in [3.8, 4) is 5.75 Å². The summed E-state index contributed by atoms with van der Waals surface area (Å²) in [4.78, 5) is 10.6. The topological polar surface area (TPSA) is 46.5 Å².